The quantitative estimate of drug-likeness (QED) is 0.672. The summed E-state index contributed by atoms with van der Waals surface area (Å²) in [7, 11) is -1.01. The van der Waals surface area contributed by atoms with Crippen LogP contribution in [0.5, 0.6) is 0 Å². The molecule has 0 saturated carbocycles. The van der Waals surface area contributed by atoms with Crippen molar-refractivity contribution in [2.45, 2.75) is 64.0 Å². The molecule has 0 aliphatic rings. The number of rotatable bonds is 7. The number of hydrogen-bond donors (Lipinski definition) is 2. The van der Waals surface area contributed by atoms with Gasteiger partial charge in [-0.3, -0.25) is 0 Å². The van der Waals surface area contributed by atoms with Crippen LogP contribution in [0.4, 0.5) is 0 Å². The molecular formula is C12H30N2OSi. The minimum Gasteiger partial charge on any atom is -0.374 e. The Morgan fingerprint density at radius 2 is 1.38 bits per heavy atom. The van der Waals surface area contributed by atoms with Gasteiger partial charge in [-0.2, -0.15) is 0 Å². The highest BCUT2D eigenvalue weighted by molar-refractivity contribution is 6.64. The molecule has 4 N–H and O–H groups in total. The average molecular weight is 246 g/mol. The molecule has 0 aromatic rings. The molecule has 4 heteroatoms. The molecule has 0 amide bonds. The van der Waals surface area contributed by atoms with E-state index < -0.39 is 8.80 Å². The molecule has 0 heterocycles. The summed E-state index contributed by atoms with van der Waals surface area (Å²) in [5.41, 5.74) is 12.8. The fraction of sp³-hybridized carbons (Fsp3) is 1.00. The van der Waals surface area contributed by atoms with Crippen LogP contribution in [0.15, 0.2) is 0 Å². The Hall–Kier alpha value is 0.0969. The van der Waals surface area contributed by atoms with Gasteiger partial charge in [0.2, 0.25) is 0 Å². The lowest BCUT2D eigenvalue weighted by Crippen LogP contribution is -2.51. The van der Waals surface area contributed by atoms with Gasteiger partial charge in [0.05, 0.1) is 20.1 Å². The zero-order valence-corrected chi connectivity index (χ0v) is 12.9. The van der Waals surface area contributed by atoms with Crippen molar-refractivity contribution in [1.29, 1.82) is 0 Å². The summed E-state index contributed by atoms with van der Waals surface area (Å²) < 4.78 is 6.13. The standard InChI is InChI=1S/C12H30N2OSi/c1-9(2)16(10(3)4)12(5,6)15-11(7-13)8-14/h9-11,16H,7-8,13-14H2,1-6H3. The van der Waals surface area contributed by atoms with Crippen LogP contribution in [0.25, 0.3) is 0 Å². The van der Waals surface area contributed by atoms with Crippen LogP contribution in [0, 0.1) is 0 Å². The van der Waals surface area contributed by atoms with Crippen molar-refractivity contribution >= 4 is 8.80 Å². The lowest BCUT2D eigenvalue weighted by Gasteiger charge is -2.40. The Morgan fingerprint density at radius 3 is 1.62 bits per heavy atom. The molecule has 16 heavy (non-hydrogen) atoms. The summed E-state index contributed by atoms with van der Waals surface area (Å²) in [5.74, 6) is 0. The summed E-state index contributed by atoms with van der Waals surface area (Å²) in [6.45, 7) is 14.7. The van der Waals surface area contributed by atoms with E-state index >= 15 is 0 Å². The Kier molecular flexibility index (Phi) is 6.78. The van der Waals surface area contributed by atoms with E-state index in [9.17, 15) is 0 Å². The molecule has 98 valence electrons. The first-order valence-corrected chi connectivity index (χ1v) is 8.25. The Labute approximate surface area is 103 Å². The molecule has 0 aliphatic carbocycles. The molecule has 0 aliphatic heterocycles. The maximum Gasteiger partial charge on any atom is 0.0822 e. The average Bonchev–Trinajstić information content (AvgIpc) is 2.12. The normalized spacial score (nSPS) is 13.5. The third kappa shape index (κ3) is 4.53. The summed E-state index contributed by atoms with van der Waals surface area (Å²) in [6.07, 6.45) is 0.00231. The predicted molar refractivity (Wildman–Crippen MR) is 74.4 cm³/mol. The highest BCUT2D eigenvalue weighted by atomic mass is 28.3. The molecule has 0 radical (unpaired) electrons. The second-order valence-corrected chi connectivity index (χ2v) is 10.9. The maximum absolute atomic E-state index is 6.13. The van der Waals surface area contributed by atoms with Gasteiger partial charge in [-0.1, -0.05) is 38.8 Å². The zero-order chi connectivity index (χ0) is 12.9. The highest BCUT2D eigenvalue weighted by Crippen LogP contribution is 2.32. The van der Waals surface area contributed by atoms with Crippen molar-refractivity contribution in [3.8, 4) is 0 Å². The Morgan fingerprint density at radius 1 is 1.00 bits per heavy atom. The van der Waals surface area contributed by atoms with Crippen LogP contribution < -0.4 is 11.5 Å². The van der Waals surface area contributed by atoms with Gasteiger partial charge in [0.15, 0.2) is 0 Å². The topological polar surface area (TPSA) is 61.3 Å². The summed E-state index contributed by atoms with van der Waals surface area (Å²) >= 11 is 0. The summed E-state index contributed by atoms with van der Waals surface area (Å²) in [4.78, 5) is 0. The summed E-state index contributed by atoms with van der Waals surface area (Å²) in [5, 5.41) is -0.0360. The van der Waals surface area contributed by atoms with E-state index in [-0.39, 0.29) is 11.3 Å². The van der Waals surface area contributed by atoms with Gasteiger partial charge in [-0.15, -0.1) is 0 Å². The summed E-state index contributed by atoms with van der Waals surface area (Å²) in [6, 6.07) is 0. The predicted octanol–water partition coefficient (Wildman–Crippen LogP) is 1.65. The lowest BCUT2D eigenvalue weighted by molar-refractivity contribution is -0.0163. The smallest absolute Gasteiger partial charge is 0.0822 e. The number of hydrogen-bond acceptors (Lipinski definition) is 3. The first-order chi connectivity index (χ1) is 7.26. The van der Waals surface area contributed by atoms with Crippen molar-refractivity contribution in [3.63, 3.8) is 0 Å². The zero-order valence-electron chi connectivity index (χ0n) is 11.8. The van der Waals surface area contributed by atoms with Crippen molar-refractivity contribution < 1.29 is 4.74 Å². The fourth-order valence-corrected chi connectivity index (χ4v) is 8.18. The highest BCUT2D eigenvalue weighted by Gasteiger charge is 2.37. The van der Waals surface area contributed by atoms with Crippen LogP contribution >= 0.6 is 0 Å². The largest absolute Gasteiger partial charge is 0.374 e. The van der Waals surface area contributed by atoms with E-state index in [0.29, 0.717) is 13.1 Å². The SMILES string of the molecule is CC(C)[SiH](C(C)C)C(C)(C)OC(CN)CN. The minimum atomic E-state index is -1.01. The first-order valence-electron chi connectivity index (χ1n) is 6.34. The molecule has 3 nitrogen and oxygen atoms in total. The van der Waals surface area contributed by atoms with Crippen LogP contribution in [0.2, 0.25) is 11.1 Å². The molecule has 0 spiro atoms. The molecule has 0 aromatic carbocycles. The number of nitrogens with two attached hydrogens (primary N) is 2. The van der Waals surface area contributed by atoms with E-state index in [4.69, 9.17) is 16.2 Å². The second-order valence-electron chi connectivity index (χ2n) is 5.83. The van der Waals surface area contributed by atoms with Crippen molar-refractivity contribution in [3.05, 3.63) is 0 Å². The molecule has 0 unspecified atom stereocenters. The van der Waals surface area contributed by atoms with Gasteiger partial charge < -0.3 is 16.2 Å². The van der Waals surface area contributed by atoms with Gasteiger partial charge in [-0.05, 0) is 13.8 Å². The molecule has 0 bridgehead atoms. The molecule has 0 rings (SSSR count). The van der Waals surface area contributed by atoms with E-state index in [1.165, 1.54) is 0 Å². The minimum absolute atomic E-state index is 0.00231. The van der Waals surface area contributed by atoms with Crippen molar-refractivity contribution in [2.24, 2.45) is 11.5 Å². The fourth-order valence-electron chi connectivity index (χ4n) is 3.08. The van der Waals surface area contributed by atoms with E-state index in [0.717, 1.165) is 11.1 Å². The van der Waals surface area contributed by atoms with Gasteiger partial charge in [0.1, 0.15) is 0 Å². The van der Waals surface area contributed by atoms with Gasteiger partial charge >= 0.3 is 0 Å². The van der Waals surface area contributed by atoms with Crippen molar-refractivity contribution in [2.75, 3.05) is 13.1 Å². The van der Waals surface area contributed by atoms with Crippen molar-refractivity contribution in [1.82, 2.24) is 0 Å². The molecule has 0 saturated heterocycles. The van der Waals surface area contributed by atoms with Crippen LogP contribution in [-0.2, 0) is 4.74 Å². The maximum atomic E-state index is 6.13. The van der Waals surface area contributed by atoms with E-state index in [2.05, 4.69) is 41.5 Å². The van der Waals surface area contributed by atoms with E-state index in [1.54, 1.807) is 0 Å². The first kappa shape index (κ1) is 16.1. The lowest BCUT2D eigenvalue weighted by atomic mass is 10.3. The van der Waals surface area contributed by atoms with Crippen LogP contribution in [0.3, 0.4) is 0 Å². The van der Waals surface area contributed by atoms with Crippen LogP contribution in [0.1, 0.15) is 41.5 Å². The third-order valence-electron chi connectivity index (χ3n) is 3.24. The Balaban J connectivity index is 4.70. The van der Waals surface area contributed by atoms with Gasteiger partial charge in [0.25, 0.3) is 0 Å². The molecule has 0 atom stereocenters. The molecule has 0 aromatic heterocycles. The number of ether oxygens (including phenoxy) is 1. The second kappa shape index (κ2) is 6.74. The Bertz CT molecular complexity index is 183. The molecule has 0 fully saturated rings. The van der Waals surface area contributed by atoms with E-state index in [1.807, 2.05) is 0 Å². The monoisotopic (exact) mass is 246 g/mol. The van der Waals surface area contributed by atoms with Crippen LogP contribution in [-0.4, -0.2) is 33.2 Å². The van der Waals surface area contributed by atoms with Gasteiger partial charge in [0, 0.05) is 13.1 Å². The van der Waals surface area contributed by atoms with Gasteiger partial charge in [-0.25, -0.2) is 0 Å². The molecular weight excluding hydrogens is 216 g/mol. The third-order valence-corrected chi connectivity index (χ3v) is 7.85.